The predicted molar refractivity (Wildman–Crippen MR) is 90.3 cm³/mol. The third-order valence-electron chi connectivity index (χ3n) is 3.67. The van der Waals surface area contributed by atoms with Gasteiger partial charge in [-0.3, -0.25) is 4.79 Å². The Kier molecular flexibility index (Phi) is 4.39. The van der Waals surface area contributed by atoms with E-state index in [1.807, 2.05) is 60.7 Å². The molecule has 3 heteroatoms. The van der Waals surface area contributed by atoms with Crippen molar-refractivity contribution in [2.75, 3.05) is 0 Å². The predicted octanol–water partition coefficient (Wildman–Crippen LogP) is 3.91. The quantitative estimate of drug-likeness (QED) is 0.767. The van der Waals surface area contributed by atoms with Gasteiger partial charge in [-0.1, -0.05) is 60.7 Å². The summed E-state index contributed by atoms with van der Waals surface area (Å²) in [6.45, 7) is 0. The number of carbonyl (C=O) groups is 1. The molecule has 23 heavy (non-hydrogen) atoms. The lowest BCUT2D eigenvalue weighted by Gasteiger charge is -2.20. The highest BCUT2D eigenvalue weighted by atomic mass is 16.3. The first-order valence-electron chi connectivity index (χ1n) is 7.44. The zero-order chi connectivity index (χ0) is 16.1. The van der Waals surface area contributed by atoms with Gasteiger partial charge in [0.05, 0.1) is 6.04 Å². The van der Waals surface area contributed by atoms with Crippen LogP contribution in [-0.2, 0) is 0 Å². The summed E-state index contributed by atoms with van der Waals surface area (Å²) in [5, 5.41) is 12.5. The van der Waals surface area contributed by atoms with Gasteiger partial charge in [-0.05, 0) is 35.4 Å². The van der Waals surface area contributed by atoms with Crippen LogP contribution in [0.4, 0.5) is 0 Å². The Morgan fingerprint density at radius 3 is 1.87 bits per heavy atom. The van der Waals surface area contributed by atoms with E-state index < -0.39 is 0 Å². The second-order valence-corrected chi connectivity index (χ2v) is 5.27. The number of aromatic hydroxyl groups is 1. The minimum absolute atomic E-state index is 0.132. The normalized spacial score (nSPS) is 11.7. The number of phenolic OH excluding ortho intramolecular Hbond substituents is 1. The first-order chi connectivity index (χ1) is 11.2. The van der Waals surface area contributed by atoms with Gasteiger partial charge in [0.15, 0.2) is 0 Å². The molecular weight excluding hydrogens is 286 g/mol. The van der Waals surface area contributed by atoms with E-state index >= 15 is 0 Å². The van der Waals surface area contributed by atoms with E-state index in [-0.39, 0.29) is 17.7 Å². The first kappa shape index (κ1) is 14.9. The molecule has 3 nitrogen and oxygen atoms in total. The summed E-state index contributed by atoms with van der Waals surface area (Å²) < 4.78 is 0. The molecule has 1 unspecified atom stereocenters. The average molecular weight is 303 g/mol. The van der Waals surface area contributed by atoms with E-state index in [4.69, 9.17) is 0 Å². The molecule has 3 aromatic rings. The standard InChI is InChI=1S/C20H17NO2/c22-18-13-11-16(12-14-18)19(15-7-3-1-4-8-15)21-20(23)17-9-5-2-6-10-17/h1-14,19,22H,(H,21,23). The van der Waals surface area contributed by atoms with E-state index in [2.05, 4.69) is 5.32 Å². The lowest BCUT2D eigenvalue weighted by Crippen LogP contribution is -2.29. The van der Waals surface area contributed by atoms with E-state index in [9.17, 15) is 9.90 Å². The zero-order valence-electron chi connectivity index (χ0n) is 12.5. The smallest absolute Gasteiger partial charge is 0.252 e. The molecule has 0 aliphatic carbocycles. The molecule has 0 spiro atoms. The number of carbonyl (C=O) groups excluding carboxylic acids is 1. The van der Waals surface area contributed by atoms with Crippen LogP contribution < -0.4 is 5.32 Å². The summed E-state index contributed by atoms with van der Waals surface area (Å²) in [6.07, 6.45) is 0. The number of hydrogen-bond acceptors (Lipinski definition) is 2. The van der Waals surface area contributed by atoms with Crippen LogP contribution in [0.1, 0.15) is 27.5 Å². The van der Waals surface area contributed by atoms with Gasteiger partial charge in [0.1, 0.15) is 5.75 Å². The van der Waals surface area contributed by atoms with Gasteiger partial charge in [0.2, 0.25) is 0 Å². The summed E-state index contributed by atoms with van der Waals surface area (Å²) >= 11 is 0. The summed E-state index contributed by atoms with van der Waals surface area (Å²) in [5.74, 6) is 0.0717. The van der Waals surface area contributed by atoms with Crippen molar-refractivity contribution in [3.05, 3.63) is 102 Å². The molecule has 2 N–H and O–H groups in total. The van der Waals surface area contributed by atoms with Crippen LogP contribution in [0.25, 0.3) is 0 Å². The maximum absolute atomic E-state index is 12.5. The molecule has 0 saturated carbocycles. The summed E-state index contributed by atoms with van der Waals surface area (Å²) in [6, 6.07) is 25.5. The van der Waals surface area contributed by atoms with Crippen LogP contribution in [0.2, 0.25) is 0 Å². The SMILES string of the molecule is O=C(NC(c1ccccc1)c1ccc(O)cc1)c1ccccc1. The minimum atomic E-state index is -0.274. The molecule has 114 valence electrons. The summed E-state index contributed by atoms with van der Waals surface area (Å²) in [4.78, 5) is 12.5. The van der Waals surface area contributed by atoms with E-state index in [0.717, 1.165) is 11.1 Å². The highest BCUT2D eigenvalue weighted by Gasteiger charge is 2.17. The van der Waals surface area contributed by atoms with Gasteiger partial charge in [-0.15, -0.1) is 0 Å². The number of amides is 1. The fraction of sp³-hybridized carbons (Fsp3) is 0.0500. The fourth-order valence-corrected chi connectivity index (χ4v) is 2.48. The van der Waals surface area contributed by atoms with Crippen molar-refractivity contribution in [1.29, 1.82) is 0 Å². The van der Waals surface area contributed by atoms with Crippen LogP contribution >= 0.6 is 0 Å². The van der Waals surface area contributed by atoms with Crippen molar-refractivity contribution < 1.29 is 9.90 Å². The monoisotopic (exact) mass is 303 g/mol. The third kappa shape index (κ3) is 3.58. The molecule has 0 aliphatic rings. The third-order valence-corrected chi connectivity index (χ3v) is 3.67. The van der Waals surface area contributed by atoms with Crippen LogP contribution in [0.5, 0.6) is 5.75 Å². The zero-order valence-corrected chi connectivity index (χ0v) is 12.5. The highest BCUT2D eigenvalue weighted by molar-refractivity contribution is 5.94. The summed E-state index contributed by atoms with van der Waals surface area (Å²) in [5.41, 5.74) is 2.52. The van der Waals surface area contributed by atoms with Gasteiger partial charge in [0.25, 0.3) is 5.91 Å². The topological polar surface area (TPSA) is 49.3 Å². The van der Waals surface area contributed by atoms with Crippen LogP contribution in [0.15, 0.2) is 84.9 Å². The van der Waals surface area contributed by atoms with Crippen molar-refractivity contribution >= 4 is 5.91 Å². The lowest BCUT2D eigenvalue weighted by atomic mass is 9.98. The number of benzene rings is 3. The van der Waals surface area contributed by atoms with Gasteiger partial charge in [0, 0.05) is 5.56 Å². The second kappa shape index (κ2) is 6.79. The fourth-order valence-electron chi connectivity index (χ4n) is 2.48. The molecule has 0 saturated heterocycles. The van der Waals surface area contributed by atoms with Gasteiger partial charge in [-0.2, -0.15) is 0 Å². The number of phenols is 1. The molecule has 0 bridgehead atoms. The molecule has 0 radical (unpaired) electrons. The molecule has 3 rings (SSSR count). The number of hydrogen-bond donors (Lipinski definition) is 2. The second-order valence-electron chi connectivity index (χ2n) is 5.27. The maximum Gasteiger partial charge on any atom is 0.252 e. The Labute approximate surface area is 135 Å². The molecular formula is C20H17NO2. The molecule has 0 fully saturated rings. The molecule has 3 aromatic carbocycles. The Morgan fingerprint density at radius 2 is 1.26 bits per heavy atom. The average Bonchev–Trinajstić information content (AvgIpc) is 2.62. The van der Waals surface area contributed by atoms with Crippen LogP contribution in [-0.4, -0.2) is 11.0 Å². The first-order valence-corrected chi connectivity index (χ1v) is 7.44. The van der Waals surface area contributed by atoms with Crippen LogP contribution in [0.3, 0.4) is 0 Å². The molecule has 1 atom stereocenters. The van der Waals surface area contributed by atoms with Crippen LogP contribution in [0, 0.1) is 0 Å². The maximum atomic E-state index is 12.5. The lowest BCUT2D eigenvalue weighted by molar-refractivity contribution is 0.0943. The molecule has 0 heterocycles. The van der Waals surface area contributed by atoms with E-state index in [1.54, 1.807) is 24.3 Å². The number of nitrogens with one attached hydrogen (secondary N) is 1. The largest absolute Gasteiger partial charge is 0.508 e. The van der Waals surface area contributed by atoms with Crippen molar-refractivity contribution in [3.8, 4) is 5.75 Å². The Bertz CT molecular complexity index is 768. The van der Waals surface area contributed by atoms with E-state index in [1.165, 1.54) is 0 Å². The minimum Gasteiger partial charge on any atom is -0.508 e. The molecule has 0 aromatic heterocycles. The Morgan fingerprint density at radius 1 is 0.739 bits per heavy atom. The highest BCUT2D eigenvalue weighted by Crippen LogP contribution is 2.24. The van der Waals surface area contributed by atoms with Gasteiger partial charge >= 0.3 is 0 Å². The van der Waals surface area contributed by atoms with Crippen molar-refractivity contribution in [2.45, 2.75) is 6.04 Å². The molecule has 0 aliphatic heterocycles. The van der Waals surface area contributed by atoms with Gasteiger partial charge in [-0.25, -0.2) is 0 Å². The van der Waals surface area contributed by atoms with Crippen molar-refractivity contribution in [3.63, 3.8) is 0 Å². The Balaban J connectivity index is 1.93. The summed E-state index contributed by atoms with van der Waals surface area (Å²) in [7, 11) is 0. The van der Waals surface area contributed by atoms with Gasteiger partial charge < -0.3 is 10.4 Å². The molecule has 1 amide bonds. The Hall–Kier alpha value is -3.07. The van der Waals surface area contributed by atoms with Crippen molar-refractivity contribution in [1.82, 2.24) is 5.32 Å². The van der Waals surface area contributed by atoms with E-state index in [0.29, 0.717) is 5.56 Å². The van der Waals surface area contributed by atoms with Crippen molar-refractivity contribution in [2.24, 2.45) is 0 Å². The number of rotatable bonds is 4.